The van der Waals surface area contributed by atoms with Gasteiger partial charge in [0.15, 0.2) is 0 Å². The van der Waals surface area contributed by atoms with E-state index in [0.29, 0.717) is 5.41 Å². The summed E-state index contributed by atoms with van der Waals surface area (Å²) in [6.07, 6.45) is 5.45. The van der Waals surface area contributed by atoms with Crippen LogP contribution in [-0.4, -0.2) is 49.6 Å². The summed E-state index contributed by atoms with van der Waals surface area (Å²) in [5.41, 5.74) is 3.58. The second-order valence-corrected chi connectivity index (χ2v) is 7.04. The quantitative estimate of drug-likeness (QED) is 0.835. The summed E-state index contributed by atoms with van der Waals surface area (Å²) in [5, 5.41) is 0. The number of aryl methyl sites for hydroxylation is 1. The van der Waals surface area contributed by atoms with Crippen molar-refractivity contribution in [3.05, 3.63) is 35.4 Å². The fourth-order valence-corrected chi connectivity index (χ4v) is 4.18. The number of benzene rings is 1. The number of likely N-dealkylation sites (tertiary alicyclic amines) is 2. The predicted molar refractivity (Wildman–Crippen MR) is 85.1 cm³/mol. The summed E-state index contributed by atoms with van der Waals surface area (Å²) < 4.78 is 0. The largest absolute Gasteiger partial charge is 0.306 e. The van der Waals surface area contributed by atoms with Gasteiger partial charge in [0, 0.05) is 19.6 Å². The smallest absolute Gasteiger partial charge is 0.00509 e. The van der Waals surface area contributed by atoms with E-state index >= 15 is 0 Å². The number of rotatable bonds is 3. The Morgan fingerprint density at radius 1 is 1.10 bits per heavy atom. The summed E-state index contributed by atoms with van der Waals surface area (Å²) in [7, 11) is 2.29. The lowest BCUT2D eigenvalue weighted by molar-refractivity contribution is 0.113. The first kappa shape index (κ1) is 14.1. The normalized spacial score (nSPS) is 28.3. The first-order valence-corrected chi connectivity index (χ1v) is 8.12. The van der Waals surface area contributed by atoms with Crippen LogP contribution in [0.2, 0.25) is 0 Å². The fraction of sp³-hybridized carbons (Fsp3) is 0.667. The lowest BCUT2D eigenvalue weighted by atomic mass is 9.79. The zero-order valence-corrected chi connectivity index (χ0v) is 13.1. The molecule has 1 spiro atoms. The molecule has 1 aromatic carbocycles. The van der Waals surface area contributed by atoms with Crippen molar-refractivity contribution in [2.75, 3.05) is 39.8 Å². The van der Waals surface area contributed by atoms with Crippen molar-refractivity contribution < 1.29 is 0 Å². The van der Waals surface area contributed by atoms with Gasteiger partial charge in [-0.15, -0.1) is 0 Å². The Morgan fingerprint density at radius 2 is 1.95 bits per heavy atom. The van der Waals surface area contributed by atoms with E-state index in [1.54, 1.807) is 0 Å². The molecule has 2 fully saturated rings. The van der Waals surface area contributed by atoms with Crippen LogP contribution >= 0.6 is 0 Å². The van der Waals surface area contributed by atoms with Crippen LogP contribution < -0.4 is 0 Å². The molecule has 3 rings (SSSR count). The molecule has 1 aromatic rings. The van der Waals surface area contributed by atoms with Gasteiger partial charge in [-0.25, -0.2) is 0 Å². The molecule has 2 heterocycles. The van der Waals surface area contributed by atoms with Gasteiger partial charge >= 0.3 is 0 Å². The van der Waals surface area contributed by atoms with Gasteiger partial charge in [-0.1, -0.05) is 24.3 Å². The molecule has 0 radical (unpaired) electrons. The van der Waals surface area contributed by atoms with Gasteiger partial charge in [-0.05, 0) is 69.3 Å². The van der Waals surface area contributed by atoms with Crippen LogP contribution in [0.15, 0.2) is 24.3 Å². The molecule has 2 heteroatoms. The Bertz CT molecular complexity index is 456. The van der Waals surface area contributed by atoms with Crippen molar-refractivity contribution in [1.29, 1.82) is 0 Å². The highest BCUT2D eigenvalue weighted by atomic mass is 15.2. The number of nitrogens with zero attached hydrogens (tertiary/aromatic N) is 2. The van der Waals surface area contributed by atoms with E-state index in [1.165, 1.54) is 69.5 Å². The van der Waals surface area contributed by atoms with Gasteiger partial charge in [0.25, 0.3) is 0 Å². The molecule has 1 atom stereocenters. The Balaban J connectivity index is 1.54. The maximum atomic E-state index is 2.70. The number of piperidine rings is 1. The molecule has 2 aliphatic rings. The first-order chi connectivity index (χ1) is 9.67. The van der Waals surface area contributed by atoms with Crippen molar-refractivity contribution in [2.24, 2.45) is 5.41 Å². The molecule has 2 saturated heterocycles. The number of hydrogen-bond donors (Lipinski definition) is 0. The van der Waals surface area contributed by atoms with Gasteiger partial charge in [-0.3, -0.25) is 0 Å². The molecule has 0 aromatic heterocycles. The van der Waals surface area contributed by atoms with E-state index < -0.39 is 0 Å². The van der Waals surface area contributed by atoms with Gasteiger partial charge in [0.1, 0.15) is 0 Å². The standard InChI is InChI=1S/C18H28N2/c1-16-6-3-4-7-17(16)8-12-20-13-10-18(15-20)9-5-11-19(2)14-18/h3-4,6-7H,5,8-15H2,1-2H3. The highest BCUT2D eigenvalue weighted by molar-refractivity contribution is 5.25. The van der Waals surface area contributed by atoms with E-state index in [4.69, 9.17) is 0 Å². The molecule has 0 bridgehead atoms. The Labute approximate surface area is 123 Å². The summed E-state index contributed by atoms with van der Waals surface area (Å²) >= 11 is 0. The van der Waals surface area contributed by atoms with Crippen LogP contribution in [0.25, 0.3) is 0 Å². The van der Waals surface area contributed by atoms with E-state index in [9.17, 15) is 0 Å². The maximum absolute atomic E-state index is 2.70. The zero-order chi connectivity index (χ0) is 14.0. The van der Waals surface area contributed by atoms with Gasteiger partial charge in [-0.2, -0.15) is 0 Å². The Kier molecular flexibility index (Phi) is 4.13. The van der Waals surface area contributed by atoms with Gasteiger partial charge in [0.2, 0.25) is 0 Å². The van der Waals surface area contributed by atoms with Crippen molar-refractivity contribution in [3.63, 3.8) is 0 Å². The topological polar surface area (TPSA) is 6.48 Å². The minimum absolute atomic E-state index is 0.610. The average molecular weight is 272 g/mol. The van der Waals surface area contributed by atoms with Crippen LogP contribution in [-0.2, 0) is 6.42 Å². The maximum Gasteiger partial charge on any atom is 0.00509 e. The van der Waals surface area contributed by atoms with Crippen LogP contribution in [0, 0.1) is 12.3 Å². The molecule has 0 amide bonds. The lowest BCUT2D eigenvalue weighted by Gasteiger charge is -2.38. The second-order valence-electron chi connectivity index (χ2n) is 7.04. The average Bonchev–Trinajstić information content (AvgIpc) is 2.80. The summed E-state index contributed by atoms with van der Waals surface area (Å²) in [6, 6.07) is 8.83. The SMILES string of the molecule is Cc1ccccc1CCN1CCC2(CCCN(C)C2)C1. The molecule has 110 valence electrons. The minimum atomic E-state index is 0.610. The summed E-state index contributed by atoms with van der Waals surface area (Å²) in [4.78, 5) is 5.24. The fourth-order valence-electron chi connectivity index (χ4n) is 4.18. The van der Waals surface area contributed by atoms with Crippen molar-refractivity contribution in [1.82, 2.24) is 9.80 Å². The number of hydrogen-bond acceptors (Lipinski definition) is 2. The van der Waals surface area contributed by atoms with E-state index in [0.717, 1.165) is 0 Å². The summed E-state index contributed by atoms with van der Waals surface area (Å²) in [6.45, 7) is 8.70. The lowest BCUT2D eigenvalue weighted by Crippen LogP contribution is -2.43. The third-order valence-electron chi connectivity index (χ3n) is 5.33. The first-order valence-electron chi connectivity index (χ1n) is 8.12. The molecular formula is C18H28N2. The third kappa shape index (κ3) is 3.07. The Hall–Kier alpha value is -0.860. The highest BCUT2D eigenvalue weighted by Gasteiger charge is 2.40. The monoisotopic (exact) mass is 272 g/mol. The highest BCUT2D eigenvalue weighted by Crippen LogP contribution is 2.38. The van der Waals surface area contributed by atoms with E-state index in [-0.39, 0.29) is 0 Å². The van der Waals surface area contributed by atoms with Gasteiger partial charge < -0.3 is 9.80 Å². The molecule has 0 aliphatic carbocycles. The predicted octanol–water partition coefficient (Wildman–Crippen LogP) is 2.96. The molecule has 2 aliphatic heterocycles. The van der Waals surface area contributed by atoms with E-state index in [2.05, 4.69) is 48.0 Å². The molecule has 0 saturated carbocycles. The molecule has 2 nitrogen and oxygen atoms in total. The van der Waals surface area contributed by atoms with E-state index in [1.807, 2.05) is 0 Å². The Morgan fingerprint density at radius 3 is 2.75 bits per heavy atom. The second kappa shape index (κ2) is 5.87. The van der Waals surface area contributed by atoms with Crippen molar-refractivity contribution >= 4 is 0 Å². The van der Waals surface area contributed by atoms with Crippen LogP contribution in [0.5, 0.6) is 0 Å². The molecule has 1 unspecified atom stereocenters. The van der Waals surface area contributed by atoms with Crippen molar-refractivity contribution in [3.8, 4) is 0 Å². The molecule has 20 heavy (non-hydrogen) atoms. The van der Waals surface area contributed by atoms with Crippen molar-refractivity contribution in [2.45, 2.75) is 32.6 Å². The molecular weight excluding hydrogens is 244 g/mol. The van der Waals surface area contributed by atoms with Crippen LogP contribution in [0.4, 0.5) is 0 Å². The zero-order valence-electron chi connectivity index (χ0n) is 13.1. The van der Waals surface area contributed by atoms with Crippen LogP contribution in [0.1, 0.15) is 30.4 Å². The molecule has 0 N–H and O–H groups in total. The minimum Gasteiger partial charge on any atom is -0.306 e. The summed E-state index contributed by atoms with van der Waals surface area (Å²) in [5.74, 6) is 0. The van der Waals surface area contributed by atoms with Gasteiger partial charge in [0.05, 0.1) is 0 Å². The van der Waals surface area contributed by atoms with Crippen LogP contribution in [0.3, 0.4) is 0 Å². The third-order valence-corrected chi connectivity index (χ3v) is 5.33.